The highest BCUT2D eigenvalue weighted by atomic mass is 32.2. The van der Waals surface area contributed by atoms with E-state index in [0.29, 0.717) is 5.56 Å². The number of hydrogen-bond acceptors (Lipinski definition) is 4. The summed E-state index contributed by atoms with van der Waals surface area (Å²) in [5.74, 6) is 0.288. The van der Waals surface area contributed by atoms with E-state index < -0.39 is 15.4 Å². The van der Waals surface area contributed by atoms with Crippen molar-refractivity contribution in [2.75, 3.05) is 13.4 Å². The van der Waals surface area contributed by atoms with Crippen LogP contribution in [-0.4, -0.2) is 26.9 Å². The van der Waals surface area contributed by atoms with Crippen molar-refractivity contribution in [2.45, 2.75) is 24.3 Å². The summed E-state index contributed by atoms with van der Waals surface area (Å²) >= 11 is 0. The van der Waals surface area contributed by atoms with E-state index >= 15 is 0 Å². The first-order chi connectivity index (χ1) is 7.16. The molecule has 0 saturated heterocycles. The number of rotatable bonds is 3. The van der Waals surface area contributed by atoms with Crippen LogP contribution in [-0.2, 0) is 15.4 Å². The third-order valence-corrected chi connectivity index (χ3v) is 3.39. The molecule has 1 rings (SSSR count). The van der Waals surface area contributed by atoms with Gasteiger partial charge in [-0.05, 0) is 31.5 Å². The molecule has 0 saturated carbocycles. The molecule has 16 heavy (non-hydrogen) atoms. The molecular weight excluding hydrogens is 228 g/mol. The lowest BCUT2D eigenvalue weighted by Crippen LogP contribution is -2.16. The zero-order valence-electron chi connectivity index (χ0n) is 9.81. The molecule has 90 valence electrons. The Balaban J connectivity index is 3.46. The molecule has 4 nitrogen and oxygen atoms in total. The molecule has 0 fully saturated rings. The summed E-state index contributed by atoms with van der Waals surface area (Å²) in [5, 5.41) is 9.81. The maximum Gasteiger partial charge on any atom is 0.179 e. The van der Waals surface area contributed by atoms with Crippen LogP contribution in [0.4, 0.5) is 0 Å². The summed E-state index contributed by atoms with van der Waals surface area (Å²) in [6.07, 6.45) is 1.11. The molecule has 0 bridgehead atoms. The van der Waals surface area contributed by atoms with Crippen LogP contribution >= 0.6 is 0 Å². The highest BCUT2D eigenvalue weighted by molar-refractivity contribution is 7.90. The molecule has 0 radical (unpaired) electrons. The first kappa shape index (κ1) is 13.0. The summed E-state index contributed by atoms with van der Waals surface area (Å²) in [5.41, 5.74) is -0.542. The highest BCUT2D eigenvalue weighted by Crippen LogP contribution is 2.29. The van der Waals surface area contributed by atoms with Gasteiger partial charge in [0.1, 0.15) is 10.6 Å². The Kier molecular flexibility index (Phi) is 3.30. The third kappa shape index (κ3) is 2.74. The van der Waals surface area contributed by atoms with Crippen molar-refractivity contribution in [3.05, 3.63) is 23.8 Å². The molecule has 1 aromatic rings. The summed E-state index contributed by atoms with van der Waals surface area (Å²) in [6, 6.07) is 4.63. The molecule has 0 aromatic heterocycles. The molecule has 0 unspecified atom stereocenters. The maximum atomic E-state index is 11.5. The zero-order valence-corrected chi connectivity index (χ0v) is 10.6. The first-order valence-electron chi connectivity index (χ1n) is 4.77. The van der Waals surface area contributed by atoms with E-state index in [1.165, 1.54) is 13.2 Å². The summed E-state index contributed by atoms with van der Waals surface area (Å²) in [7, 11) is -1.95. The summed E-state index contributed by atoms with van der Waals surface area (Å²) in [4.78, 5) is 0.0922. The lowest BCUT2D eigenvalue weighted by atomic mass is 9.98. The van der Waals surface area contributed by atoms with Gasteiger partial charge < -0.3 is 9.84 Å². The molecule has 0 aliphatic heterocycles. The van der Waals surface area contributed by atoms with E-state index in [1.807, 2.05) is 0 Å². The van der Waals surface area contributed by atoms with Crippen LogP contribution in [0.5, 0.6) is 5.75 Å². The van der Waals surface area contributed by atoms with Crippen molar-refractivity contribution in [3.63, 3.8) is 0 Å². The van der Waals surface area contributed by atoms with E-state index in [0.717, 1.165) is 6.26 Å². The summed E-state index contributed by atoms with van der Waals surface area (Å²) < 4.78 is 28.0. The number of aliphatic hydroxyl groups is 1. The van der Waals surface area contributed by atoms with Gasteiger partial charge in [0.05, 0.1) is 12.7 Å². The lowest BCUT2D eigenvalue weighted by molar-refractivity contribution is 0.0783. The van der Waals surface area contributed by atoms with Gasteiger partial charge in [0, 0.05) is 6.26 Å². The van der Waals surface area contributed by atoms with E-state index in [2.05, 4.69) is 0 Å². The van der Waals surface area contributed by atoms with Gasteiger partial charge in [-0.15, -0.1) is 0 Å². The Morgan fingerprint density at radius 1 is 1.31 bits per heavy atom. The Hall–Kier alpha value is -1.07. The molecular formula is C11H16O4S. The molecule has 0 aliphatic carbocycles. The van der Waals surface area contributed by atoms with E-state index in [1.54, 1.807) is 26.0 Å². The topological polar surface area (TPSA) is 63.6 Å². The van der Waals surface area contributed by atoms with Crippen LogP contribution in [0.25, 0.3) is 0 Å². The minimum absolute atomic E-state index is 0.0922. The summed E-state index contributed by atoms with van der Waals surface area (Å²) in [6.45, 7) is 3.20. The van der Waals surface area contributed by atoms with Gasteiger partial charge in [0.15, 0.2) is 9.84 Å². The van der Waals surface area contributed by atoms with Crippen LogP contribution in [0.15, 0.2) is 23.1 Å². The normalized spacial score (nSPS) is 12.6. The highest BCUT2D eigenvalue weighted by Gasteiger charge is 2.21. The largest absolute Gasteiger partial charge is 0.495 e. The third-order valence-electron chi connectivity index (χ3n) is 2.27. The number of sulfone groups is 1. The monoisotopic (exact) mass is 244 g/mol. The molecule has 0 atom stereocenters. The minimum atomic E-state index is -3.36. The van der Waals surface area contributed by atoms with Crippen molar-refractivity contribution in [1.29, 1.82) is 0 Å². The molecule has 0 heterocycles. The van der Waals surface area contributed by atoms with Crippen LogP contribution < -0.4 is 4.74 Å². The molecule has 1 N–H and O–H groups in total. The Labute approximate surface area is 95.8 Å². The second kappa shape index (κ2) is 4.07. The molecule has 0 spiro atoms. The fourth-order valence-electron chi connectivity index (χ4n) is 1.35. The SMILES string of the molecule is COc1ccc(C(C)(C)O)cc1S(C)(=O)=O. The average Bonchev–Trinajstić information content (AvgIpc) is 2.14. The van der Waals surface area contributed by atoms with Gasteiger partial charge in [0.25, 0.3) is 0 Å². The quantitative estimate of drug-likeness (QED) is 0.871. The first-order valence-corrected chi connectivity index (χ1v) is 6.66. The standard InChI is InChI=1S/C11H16O4S/c1-11(2,12)8-5-6-9(15-3)10(7-8)16(4,13)14/h5-7,12H,1-4H3. The number of benzene rings is 1. The Morgan fingerprint density at radius 3 is 2.25 bits per heavy atom. The van der Waals surface area contributed by atoms with Gasteiger partial charge in [-0.2, -0.15) is 0 Å². The van der Waals surface area contributed by atoms with Crippen molar-refractivity contribution in [2.24, 2.45) is 0 Å². The second-order valence-corrected chi connectivity index (χ2v) is 6.18. The van der Waals surface area contributed by atoms with Crippen molar-refractivity contribution in [3.8, 4) is 5.75 Å². The predicted octanol–water partition coefficient (Wildman–Crippen LogP) is 1.33. The van der Waals surface area contributed by atoms with Crippen molar-refractivity contribution >= 4 is 9.84 Å². The van der Waals surface area contributed by atoms with Gasteiger partial charge in [-0.25, -0.2) is 8.42 Å². The van der Waals surface area contributed by atoms with Gasteiger partial charge >= 0.3 is 0 Å². The number of methoxy groups -OCH3 is 1. The molecule has 0 amide bonds. The lowest BCUT2D eigenvalue weighted by Gasteiger charge is -2.19. The molecule has 1 aromatic carbocycles. The van der Waals surface area contributed by atoms with Crippen LogP contribution in [0.1, 0.15) is 19.4 Å². The number of hydrogen-bond donors (Lipinski definition) is 1. The van der Waals surface area contributed by atoms with E-state index in [9.17, 15) is 13.5 Å². The Bertz CT molecular complexity index is 483. The smallest absolute Gasteiger partial charge is 0.179 e. The van der Waals surface area contributed by atoms with Crippen molar-refractivity contribution < 1.29 is 18.3 Å². The zero-order chi connectivity index (χ0) is 12.6. The molecule has 5 heteroatoms. The van der Waals surface area contributed by atoms with E-state index in [4.69, 9.17) is 4.74 Å². The van der Waals surface area contributed by atoms with Gasteiger partial charge in [0.2, 0.25) is 0 Å². The maximum absolute atomic E-state index is 11.5. The van der Waals surface area contributed by atoms with Crippen LogP contribution in [0.2, 0.25) is 0 Å². The number of ether oxygens (including phenoxy) is 1. The van der Waals surface area contributed by atoms with E-state index in [-0.39, 0.29) is 10.6 Å². The molecule has 0 aliphatic rings. The predicted molar refractivity (Wildman–Crippen MR) is 61.3 cm³/mol. The fourth-order valence-corrected chi connectivity index (χ4v) is 2.20. The van der Waals surface area contributed by atoms with Crippen LogP contribution in [0, 0.1) is 0 Å². The minimum Gasteiger partial charge on any atom is -0.495 e. The van der Waals surface area contributed by atoms with Crippen molar-refractivity contribution in [1.82, 2.24) is 0 Å². The average molecular weight is 244 g/mol. The van der Waals surface area contributed by atoms with Crippen LogP contribution in [0.3, 0.4) is 0 Å². The van der Waals surface area contributed by atoms with Gasteiger partial charge in [-0.1, -0.05) is 6.07 Å². The second-order valence-electron chi connectivity index (χ2n) is 4.20. The van der Waals surface area contributed by atoms with Gasteiger partial charge in [-0.3, -0.25) is 0 Å². The Morgan fingerprint density at radius 2 is 1.88 bits per heavy atom. The fraction of sp³-hybridized carbons (Fsp3) is 0.455.